The summed E-state index contributed by atoms with van der Waals surface area (Å²) >= 11 is 2.25. The van der Waals surface area contributed by atoms with Gasteiger partial charge >= 0.3 is 0 Å². The van der Waals surface area contributed by atoms with Crippen LogP contribution >= 0.6 is 22.6 Å². The van der Waals surface area contributed by atoms with E-state index in [9.17, 15) is 5.11 Å². The van der Waals surface area contributed by atoms with Crippen molar-refractivity contribution in [3.05, 3.63) is 33.5 Å². The van der Waals surface area contributed by atoms with Gasteiger partial charge in [0.25, 0.3) is 0 Å². The van der Waals surface area contributed by atoms with Gasteiger partial charge in [0.1, 0.15) is 11.3 Å². The maximum Gasteiger partial charge on any atom is 0.141 e. The quantitative estimate of drug-likeness (QED) is 0.821. The summed E-state index contributed by atoms with van der Waals surface area (Å²) in [4.78, 5) is 4.40. The number of benzene rings is 1. The smallest absolute Gasteiger partial charge is 0.141 e. The van der Waals surface area contributed by atoms with Crippen LogP contribution < -0.4 is 0 Å². The monoisotopic (exact) mass is 299 g/mol. The Morgan fingerprint density at radius 1 is 1.29 bits per heavy atom. The average Bonchev–Trinajstić information content (AvgIpc) is 2.23. The summed E-state index contributed by atoms with van der Waals surface area (Å²) in [6.45, 7) is 2.05. The number of hydrogen-bond donors (Lipinski definition) is 1. The van der Waals surface area contributed by atoms with Gasteiger partial charge in [0.15, 0.2) is 0 Å². The molecule has 1 aromatic heterocycles. The summed E-state index contributed by atoms with van der Waals surface area (Å²) in [5.41, 5.74) is 1.71. The van der Waals surface area contributed by atoms with Crippen molar-refractivity contribution in [1.29, 1.82) is 0 Å². The van der Waals surface area contributed by atoms with Gasteiger partial charge in [0, 0.05) is 14.7 Å². The van der Waals surface area contributed by atoms with E-state index in [1.165, 1.54) is 0 Å². The van der Waals surface area contributed by atoms with Crippen LogP contribution in [0.15, 0.2) is 24.3 Å². The van der Waals surface area contributed by atoms with Gasteiger partial charge in [-0.25, -0.2) is 4.98 Å². The lowest BCUT2D eigenvalue weighted by molar-refractivity contribution is 0.480. The van der Waals surface area contributed by atoms with Gasteiger partial charge in [-0.05, 0) is 53.3 Å². The second-order valence-electron chi connectivity index (χ2n) is 3.12. The number of aromatic hydroxyl groups is 1. The first-order valence-electron chi connectivity index (χ1n) is 4.49. The first-order valence-corrected chi connectivity index (χ1v) is 5.57. The van der Waals surface area contributed by atoms with Gasteiger partial charge < -0.3 is 5.11 Å². The van der Waals surface area contributed by atoms with E-state index in [-0.39, 0.29) is 5.75 Å². The predicted molar refractivity (Wildman–Crippen MR) is 65.5 cm³/mol. The fourth-order valence-corrected chi connectivity index (χ4v) is 2.02. The Morgan fingerprint density at radius 3 is 2.79 bits per heavy atom. The van der Waals surface area contributed by atoms with Crippen molar-refractivity contribution in [2.24, 2.45) is 0 Å². The van der Waals surface area contributed by atoms with Gasteiger partial charge in [-0.3, -0.25) is 0 Å². The molecule has 0 atom stereocenters. The average molecular weight is 299 g/mol. The first-order chi connectivity index (χ1) is 6.72. The van der Waals surface area contributed by atoms with E-state index in [1.54, 1.807) is 6.07 Å². The van der Waals surface area contributed by atoms with Crippen LogP contribution in [0.3, 0.4) is 0 Å². The van der Waals surface area contributed by atoms with Crippen LogP contribution in [-0.4, -0.2) is 10.1 Å². The number of pyridine rings is 1. The number of phenolic OH excluding ortho intramolecular Hbond substituents is 1. The summed E-state index contributed by atoms with van der Waals surface area (Å²) in [5, 5.41) is 10.7. The number of hydrogen-bond acceptors (Lipinski definition) is 2. The van der Waals surface area contributed by atoms with Crippen molar-refractivity contribution in [2.45, 2.75) is 13.3 Å². The Balaban J connectivity index is 2.80. The van der Waals surface area contributed by atoms with Gasteiger partial charge in [-0.2, -0.15) is 0 Å². The molecule has 0 aliphatic carbocycles. The highest BCUT2D eigenvalue weighted by molar-refractivity contribution is 14.1. The Kier molecular flexibility index (Phi) is 2.58. The summed E-state index contributed by atoms with van der Waals surface area (Å²) in [7, 11) is 0. The molecule has 1 aromatic carbocycles. The van der Waals surface area contributed by atoms with E-state index in [2.05, 4.69) is 34.5 Å². The number of aromatic nitrogens is 1. The second kappa shape index (κ2) is 3.73. The van der Waals surface area contributed by atoms with Crippen molar-refractivity contribution in [2.75, 3.05) is 0 Å². The van der Waals surface area contributed by atoms with Gasteiger partial charge in [0.2, 0.25) is 0 Å². The molecule has 72 valence electrons. The topological polar surface area (TPSA) is 33.1 Å². The van der Waals surface area contributed by atoms with E-state index >= 15 is 0 Å². The molecule has 0 radical (unpaired) electrons. The number of fused-ring (bicyclic) bond motifs is 1. The van der Waals surface area contributed by atoms with Crippen LogP contribution in [0.1, 0.15) is 12.6 Å². The summed E-state index contributed by atoms with van der Waals surface area (Å²) in [6, 6.07) is 7.61. The number of halogens is 1. The molecule has 14 heavy (non-hydrogen) atoms. The van der Waals surface area contributed by atoms with Crippen LogP contribution in [0.4, 0.5) is 0 Å². The van der Waals surface area contributed by atoms with Gasteiger partial charge in [0.05, 0.1) is 0 Å². The summed E-state index contributed by atoms with van der Waals surface area (Å²) < 4.78 is 1.12. The van der Waals surface area contributed by atoms with E-state index < -0.39 is 0 Å². The molecule has 2 rings (SSSR count). The maximum absolute atomic E-state index is 9.65. The molecule has 2 aromatic rings. The zero-order valence-corrected chi connectivity index (χ0v) is 9.95. The summed E-state index contributed by atoms with van der Waals surface area (Å²) in [5.74, 6) is 0.260. The van der Waals surface area contributed by atoms with Crippen LogP contribution in [0.25, 0.3) is 10.9 Å². The van der Waals surface area contributed by atoms with E-state index in [0.717, 1.165) is 21.1 Å². The summed E-state index contributed by atoms with van der Waals surface area (Å²) in [6.07, 6.45) is 0.890. The molecule has 2 nitrogen and oxygen atoms in total. The van der Waals surface area contributed by atoms with E-state index in [1.807, 2.05) is 18.2 Å². The molecular weight excluding hydrogens is 289 g/mol. The minimum absolute atomic E-state index is 0.260. The lowest BCUT2D eigenvalue weighted by Crippen LogP contribution is -1.89. The maximum atomic E-state index is 9.65. The highest BCUT2D eigenvalue weighted by Gasteiger charge is 2.05. The number of rotatable bonds is 1. The zero-order chi connectivity index (χ0) is 10.1. The molecule has 0 aliphatic rings. The van der Waals surface area contributed by atoms with Crippen LogP contribution in [0.5, 0.6) is 5.75 Å². The molecule has 0 saturated carbocycles. The largest absolute Gasteiger partial charge is 0.506 e. The first kappa shape index (κ1) is 9.71. The number of nitrogens with zero attached hydrogens (tertiary/aromatic N) is 1. The molecule has 3 heteroatoms. The molecule has 0 bridgehead atoms. The number of aryl methyl sites for hydroxylation is 1. The predicted octanol–water partition coefficient (Wildman–Crippen LogP) is 3.11. The standard InChI is InChI=1S/C11H10INO/c1-2-7-3-4-8-9(12)5-6-10(14)11(8)13-7/h3-6,14H,2H2,1H3. The highest BCUT2D eigenvalue weighted by atomic mass is 127. The molecule has 0 aliphatic heterocycles. The Labute approximate surface area is 96.1 Å². The molecule has 1 heterocycles. The molecule has 0 amide bonds. The fraction of sp³-hybridized carbons (Fsp3) is 0.182. The Morgan fingerprint density at radius 2 is 2.07 bits per heavy atom. The minimum Gasteiger partial charge on any atom is -0.506 e. The molecule has 0 fully saturated rings. The van der Waals surface area contributed by atoms with E-state index in [0.29, 0.717) is 5.52 Å². The highest BCUT2D eigenvalue weighted by Crippen LogP contribution is 2.27. The Hall–Kier alpha value is -0.840. The molecular formula is C11H10INO. The van der Waals surface area contributed by atoms with Crippen molar-refractivity contribution in [1.82, 2.24) is 4.98 Å². The fourth-order valence-electron chi connectivity index (χ4n) is 1.41. The Bertz CT molecular complexity index is 482. The van der Waals surface area contributed by atoms with Crippen molar-refractivity contribution < 1.29 is 5.11 Å². The third-order valence-electron chi connectivity index (χ3n) is 2.20. The van der Waals surface area contributed by atoms with Gasteiger partial charge in [-0.1, -0.05) is 6.92 Å². The zero-order valence-electron chi connectivity index (χ0n) is 7.79. The van der Waals surface area contributed by atoms with Crippen molar-refractivity contribution >= 4 is 33.5 Å². The number of phenols is 1. The van der Waals surface area contributed by atoms with Crippen molar-refractivity contribution in [3.8, 4) is 5.75 Å². The lowest BCUT2D eigenvalue weighted by Gasteiger charge is -2.04. The van der Waals surface area contributed by atoms with Crippen LogP contribution in [0, 0.1) is 3.57 Å². The third kappa shape index (κ3) is 1.56. The molecule has 0 unspecified atom stereocenters. The normalized spacial score (nSPS) is 10.7. The van der Waals surface area contributed by atoms with E-state index in [4.69, 9.17) is 0 Å². The third-order valence-corrected chi connectivity index (χ3v) is 3.14. The van der Waals surface area contributed by atoms with Crippen molar-refractivity contribution in [3.63, 3.8) is 0 Å². The lowest BCUT2D eigenvalue weighted by atomic mass is 10.2. The molecule has 1 N–H and O–H groups in total. The van der Waals surface area contributed by atoms with Gasteiger partial charge in [-0.15, -0.1) is 0 Å². The second-order valence-corrected chi connectivity index (χ2v) is 4.28. The van der Waals surface area contributed by atoms with Crippen LogP contribution in [-0.2, 0) is 6.42 Å². The SMILES string of the molecule is CCc1ccc2c(I)ccc(O)c2n1. The molecule has 0 saturated heterocycles. The minimum atomic E-state index is 0.260. The molecule has 0 spiro atoms. The van der Waals surface area contributed by atoms with Crippen LogP contribution in [0.2, 0.25) is 0 Å².